The van der Waals surface area contributed by atoms with E-state index >= 15 is 0 Å². The van der Waals surface area contributed by atoms with E-state index in [4.69, 9.17) is 34.8 Å². The van der Waals surface area contributed by atoms with Crippen LogP contribution in [-0.4, -0.2) is 44.8 Å². The first-order chi connectivity index (χ1) is 18.0. The molecule has 3 aromatic carbocycles. The van der Waals surface area contributed by atoms with Crippen LogP contribution in [0.2, 0.25) is 15.1 Å². The highest BCUT2D eigenvalue weighted by Crippen LogP contribution is 2.30. The number of likely N-dealkylation sites (N-methyl/N-ethyl adjacent to an activating group) is 1. The van der Waals surface area contributed by atoms with Gasteiger partial charge in [0.15, 0.2) is 0 Å². The lowest BCUT2D eigenvalue weighted by Crippen LogP contribution is -2.51. The third-order valence-corrected chi connectivity index (χ3v) is 8.40. The van der Waals surface area contributed by atoms with Crippen LogP contribution in [0.4, 0.5) is 5.69 Å². The van der Waals surface area contributed by atoms with Gasteiger partial charge in [-0.1, -0.05) is 71.6 Å². The van der Waals surface area contributed by atoms with Gasteiger partial charge in [0.25, 0.3) is 10.0 Å². The topological polar surface area (TPSA) is 86.8 Å². The summed E-state index contributed by atoms with van der Waals surface area (Å²) >= 11 is 18.4. The lowest BCUT2D eigenvalue weighted by atomic mass is 10.1. The average molecular weight is 597 g/mol. The van der Waals surface area contributed by atoms with E-state index in [-0.39, 0.29) is 33.1 Å². The van der Waals surface area contributed by atoms with Gasteiger partial charge in [-0.25, -0.2) is 8.42 Å². The standard InChI is InChI=1S/C27H28Cl3N3O4S/c1-4-25(27(35)31-3)32(16-19-7-9-20(28)10-8-19)26(34)17-33(23-14-21(29)13-22(30)15-23)38(36,37)24-11-5-18(2)6-12-24/h5-15,25H,4,16-17H2,1-3H3,(H,31,35)/t25-/m1/s1. The number of carbonyl (C=O) groups excluding carboxylic acids is 2. The molecule has 0 aliphatic rings. The summed E-state index contributed by atoms with van der Waals surface area (Å²) in [5, 5.41) is 3.53. The zero-order chi connectivity index (χ0) is 28.0. The van der Waals surface area contributed by atoms with Crippen LogP contribution < -0.4 is 9.62 Å². The lowest BCUT2D eigenvalue weighted by molar-refractivity contribution is -0.140. The molecule has 7 nitrogen and oxygen atoms in total. The number of sulfonamides is 1. The molecule has 0 heterocycles. The van der Waals surface area contributed by atoms with E-state index in [1.165, 1.54) is 42.3 Å². The Bertz CT molecular complexity index is 1380. The normalized spacial score (nSPS) is 12.1. The molecule has 0 saturated heterocycles. The fourth-order valence-corrected chi connectivity index (χ4v) is 5.96. The van der Waals surface area contributed by atoms with E-state index in [9.17, 15) is 18.0 Å². The van der Waals surface area contributed by atoms with E-state index in [1.807, 2.05) is 6.92 Å². The molecule has 0 bridgehead atoms. The van der Waals surface area contributed by atoms with Crippen LogP contribution in [0.3, 0.4) is 0 Å². The Labute approximate surface area is 238 Å². The van der Waals surface area contributed by atoms with Crippen LogP contribution in [0.5, 0.6) is 0 Å². The van der Waals surface area contributed by atoms with Crippen molar-refractivity contribution in [1.29, 1.82) is 0 Å². The maximum Gasteiger partial charge on any atom is 0.264 e. The van der Waals surface area contributed by atoms with Gasteiger partial charge < -0.3 is 10.2 Å². The predicted molar refractivity (Wildman–Crippen MR) is 152 cm³/mol. The second-order valence-electron chi connectivity index (χ2n) is 8.64. The number of anilines is 1. The minimum Gasteiger partial charge on any atom is -0.357 e. The molecule has 202 valence electrons. The first kappa shape index (κ1) is 29.8. The molecule has 0 aliphatic carbocycles. The van der Waals surface area contributed by atoms with Crippen LogP contribution in [0.25, 0.3) is 0 Å². The van der Waals surface area contributed by atoms with Gasteiger partial charge in [-0.3, -0.25) is 13.9 Å². The molecule has 2 amide bonds. The van der Waals surface area contributed by atoms with Gasteiger partial charge in [0.2, 0.25) is 11.8 Å². The Morgan fingerprint density at radius 2 is 1.47 bits per heavy atom. The molecule has 0 radical (unpaired) electrons. The Balaban J connectivity index is 2.09. The fourth-order valence-electron chi connectivity index (χ4n) is 3.92. The van der Waals surface area contributed by atoms with Crippen LogP contribution >= 0.6 is 34.8 Å². The van der Waals surface area contributed by atoms with Crippen LogP contribution in [0, 0.1) is 6.92 Å². The van der Waals surface area contributed by atoms with E-state index in [1.54, 1.807) is 43.3 Å². The van der Waals surface area contributed by atoms with Crippen molar-refractivity contribution in [2.45, 2.75) is 37.8 Å². The Morgan fingerprint density at radius 3 is 2.00 bits per heavy atom. The van der Waals surface area contributed by atoms with E-state index in [0.717, 1.165) is 15.4 Å². The Hall–Kier alpha value is -2.78. The maximum atomic E-state index is 13.9. The Kier molecular flexibility index (Phi) is 10.1. The number of nitrogens with one attached hydrogen (secondary N) is 1. The highest BCUT2D eigenvalue weighted by molar-refractivity contribution is 7.92. The van der Waals surface area contributed by atoms with Crippen LogP contribution in [-0.2, 0) is 26.2 Å². The number of hydrogen-bond donors (Lipinski definition) is 1. The summed E-state index contributed by atoms with van der Waals surface area (Å²) in [5.74, 6) is -0.948. The zero-order valence-electron chi connectivity index (χ0n) is 21.1. The minimum absolute atomic E-state index is 0.00501. The SMILES string of the molecule is CC[C@H](C(=O)NC)N(Cc1ccc(Cl)cc1)C(=O)CN(c1cc(Cl)cc(Cl)c1)S(=O)(=O)c1ccc(C)cc1. The van der Waals surface area contributed by atoms with E-state index in [0.29, 0.717) is 11.4 Å². The lowest BCUT2D eigenvalue weighted by Gasteiger charge is -2.33. The molecule has 0 aromatic heterocycles. The summed E-state index contributed by atoms with van der Waals surface area (Å²) in [6.07, 6.45) is 0.312. The number of amides is 2. The van der Waals surface area contributed by atoms with Crippen molar-refractivity contribution < 1.29 is 18.0 Å². The molecule has 0 aliphatic heterocycles. The molecular weight excluding hydrogens is 569 g/mol. The molecule has 3 rings (SSSR count). The number of carbonyl (C=O) groups is 2. The van der Waals surface area contributed by atoms with E-state index in [2.05, 4.69) is 5.32 Å². The van der Waals surface area contributed by atoms with Gasteiger partial charge in [-0.15, -0.1) is 0 Å². The maximum absolute atomic E-state index is 13.9. The second kappa shape index (κ2) is 12.8. The van der Waals surface area contributed by atoms with Gasteiger partial charge in [0, 0.05) is 28.7 Å². The smallest absolute Gasteiger partial charge is 0.264 e. The number of benzene rings is 3. The fraction of sp³-hybridized carbons (Fsp3) is 0.259. The number of halogens is 3. The summed E-state index contributed by atoms with van der Waals surface area (Å²) < 4.78 is 28.6. The molecule has 1 atom stereocenters. The molecule has 11 heteroatoms. The van der Waals surface area contributed by atoms with Crippen molar-refractivity contribution >= 4 is 62.3 Å². The molecule has 0 unspecified atom stereocenters. The number of hydrogen-bond acceptors (Lipinski definition) is 4. The molecule has 38 heavy (non-hydrogen) atoms. The zero-order valence-corrected chi connectivity index (χ0v) is 24.2. The van der Waals surface area contributed by atoms with Gasteiger partial charge in [-0.2, -0.15) is 0 Å². The average Bonchev–Trinajstić information content (AvgIpc) is 2.87. The van der Waals surface area contributed by atoms with E-state index < -0.39 is 28.5 Å². The highest BCUT2D eigenvalue weighted by Gasteiger charge is 2.33. The summed E-state index contributed by atoms with van der Waals surface area (Å²) in [6, 6.07) is 16.6. The third-order valence-electron chi connectivity index (χ3n) is 5.92. The third kappa shape index (κ3) is 7.20. The first-order valence-electron chi connectivity index (χ1n) is 11.8. The van der Waals surface area contributed by atoms with Crippen molar-refractivity contribution in [3.05, 3.63) is 92.9 Å². The minimum atomic E-state index is -4.22. The quantitative estimate of drug-likeness (QED) is 0.325. The second-order valence-corrected chi connectivity index (χ2v) is 11.8. The molecule has 0 spiro atoms. The highest BCUT2D eigenvalue weighted by atomic mass is 35.5. The van der Waals surface area contributed by atoms with Crippen LogP contribution in [0.15, 0.2) is 71.6 Å². The number of aryl methyl sites for hydroxylation is 1. The van der Waals surface area contributed by atoms with Crippen molar-refractivity contribution in [3.63, 3.8) is 0 Å². The molecule has 3 aromatic rings. The molecule has 1 N–H and O–H groups in total. The first-order valence-corrected chi connectivity index (χ1v) is 14.3. The van der Waals surface area contributed by atoms with Crippen LogP contribution in [0.1, 0.15) is 24.5 Å². The number of rotatable bonds is 10. The van der Waals surface area contributed by atoms with Crippen molar-refractivity contribution in [2.75, 3.05) is 17.9 Å². The Morgan fingerprint density at radius 1 is 0.895 bits per heavy atom. The van der Waals surface area contributed by atoms with Gasteiger partial charge in [-0.05, 0) is 61.4 Å². The molecular formula is C27H28Cl3N3O4S. The van der Waals surface area contributed by atoms with Gasteiger partial charge in [0.05, 0.1) is 10.6 Å². The van der Waals surface area contributed by atoms with Gasteiger partial charge in [0.1, 0.15) is 12.6 Å². The number of nitrogens with zero attached hydrogens (tertiary/aromatic N) is 2. The largest absolute Gasteiger partial charge is 0.357 e. The molecule has 0 fully saturated rings. The van der Waals surface area contributed by atoms with Crippen molar-refractivity contribution in [3.8, 4) is 0 Å². The molecule has 0 saturated carbocycles. The monoisotopic (exact) mass is 595 g/mol. The summed E-state index contributed by atoms with van der Waals surface area (Å²) in [6.45, 7) is 3.09. The van der Waals surface area contributed by atoms with Crippen molar-refractivity contribution in [2.24, 2.45) is 0 Å². The van der Waals surface area contributed by atoms with Gasteiger partial charge >= 0.3 is 0 Å². The summed E-state index contributed by atoms with van der Waals surface area (Å²) in [5.41, 5.74) is 1.72. The van der Waals surface area contributed by atoms with Crippen molar-refractivity contribution in [1.82, 2.24) is 10.2 Å². The predicted octanol–water partition coefficient (Wildman–Crippen LogP) is 5.70. The summed E-state index contributed by atoms with van der Waals surface area (Å²) in [7, 11) is -2.73. The summed E-state index contributed by atoms with van der Waals surface area (Å²) in [4.78, 5) is 28.0.